The molecule has 166 valence electrons. The van der Waals surface area contributed by atoms with E-state index in [1.807, 2.05) is 0 Å². The van der Waals surface area contributed by atoms with Gasteiger partial charge >= 0.3 is 0 Å². The Morgan fingerprint density at radius 3 is 2.73 bits per heavy atom. The molecule has 0 radical (unpaired) electrons. The van der Waals surface area contributed by atoms with Gasteiger partial charge in [-0.15, -0.1) is 0 Å². The number of aliphatic hydroxyl groups is 2. The minimum absolute atomic E-state index is 0.341. The molecule has 4 fully saturated rings. The van der Waals surface area contributed by atoms with Crippen molar-refractivity contribution in [2.45, 2.75) is 96.7 Å². The summed E-state index contributed by atoms with van der Waals surface area (Å²) < 4.78 is 0. The molecule has 0 unspecified atom stereocenters. The van der Waals surface area contributed by atoms with Gasteiger partial charge < -0.3 is 10.2 Å². The van der Waals surface area contributed by atoms with Crippen molar-refractivity contribution in [3.8, 4) is 0 Å². The van der Waals surface area contributed by atoms with Crippen LogP contribution in [-0.2, 0) is 4.79 Å². The Bertz CT molecular complexity index is 743. The second-order valence-corrected chi connectivity index (χ2v) is 10.9. The first-order chi connectivity index (χ1) is 14.3. The monoisotopic (exact) mass is 412 g/mol. The predicted octanol–water partition coefficient (Wildman–Crippen LogP) is 5.52. The van der Waals surface area contributed by atoms with E-state index in [1.54, 1.807) is 5.57 Å². The SMILES string of the molecule is C=C1/C(=C\C=C2/CCC[C@]3(C)[C@@H]([C@H](C)CCC(=O)C4CC4)CC[C@@H]23)C[C@@H](O)C[C@@H]1O. The zero-order chi connectivity index (χ0) is 21.5. The van der Waals surface area contributed by atoms with Gasteiger partial charge in [0.1, 0.15) is 5.78 Å². The predicted molar refractivity (Wildman–Crippen MR) is 121 cm³/mol. The zero-order valence-corrected chi connectivity index (χ0v) is 18.9. The molecule has 2 N–H and O–H groups in total. The molecule has 0 saturated heterocycles. The van der Waals surface area contributed by atoms with Crippen molar-refractivity contribution in [1.29, 1.82) is 0 Å². The Kier molecular flexibility index (Phi) is 6.42. The highest BCUT2D eigenvalue weighted by molar-refractivity contribution is 5.83. The lowest BCUT2D eigenvalue weighted by Gasteiger charge is -2.44. The number of hydrogen-bond donors (Lipinski definition) is 2. The van der Waals surface area contributed by atoms with E-state index in [2.05, 4.69) is 32.6 Å². The molecule has 4 rings (SSSR count). The van der Waals surface area contributed by atoms with Crippen molar-refractivity contribution in [3.63, 3.8) is 0 Å². The summed E-state index contributed by atoms with van der Waals surface area (Å²) in [5.41, 5.74) is 3.66. The summed E-state index contributed by atoms with van der Waals surface area (Å²) >= 11 is 0. The van der Waals surface area contributed by atoms with Gasteiger partial charge in [-0.1, -0.05) is 38.2 Å². The first-order valence-corrected chi connectivity index (χ1v) is 12.3. The summed E-state index contributed by atoms with van der Waals surface area (Å²) in [6.45, 7) is 8.94. The van der Waals surface area contributed by atoms with Crippen molar-refractivity contribution in [2.24, 2.45) is 29.1 Å². The number of aliphatic hydroxyl groups excluding tert-OH is 2. The van der Waals surface area contributed by atoms with Crippen LogP contribution in [0.2, 0.25) is 0 Å². The highest BCUT2D eigenvalue weighted by Gasteiger charge is 2.50. The Hall–Kier alpha value is -1.19. The number of ketones is 1. The lowest BCUT2D eigenvalue weighted by atomic mass is 9.60. The lowest BCUT2D eigenvalue weighted by Crippen LogP contribution is -2.36. The van der Waals surface area contributed by atoms with Gasteiger partial charge in [0.15, 0.2) is 0 Å². The Labute approximate surface area is 182 Å². The van der Waals surface area contributed by atoms with Crippen LogP contribution in [0.25, 0.3) is 0 Å². The van der Waals surface area contributed by atoms with Gasteiger partial charge in [-0.25, -0.2) is 0 Å². The smallest absolute Gasteiger partial charge is 0.135 e. The average Bonchev–Trinajstić information content (AvgIpc) is 3.49. The van der Waals surface area contributed by atoms with Crippen molar-refractivity contribution < 1.29 is 15.0 Å². The van der Waals surface area contributed by atoms with E-state index in [9.17, 15) is 15.0 Å². The van der Waals surface area contributed by atoms with Gasteiger partial charge in [-0.05, 0) is 92.1 Å². The molecule has 0 heterocycles. The van der Waals surface area contributed by atoms with Crippen LogP contribution in [0, 0.1) is 29.1 Å². The maximum Gasteiger partial charge on any atom is 0.135 e. The van der Waals surface area contributed by atoms with Crippen LogP contribution < -0.4 is 0 Å². The van der Waals surface area contributed by atoms with Crippen LogP contribution in [0.15, 0.2) is 35.5 Å². The molecule has 4 aliphatic carbocycles. The fourth-order valence-corrected chi connectivity index (χ4v) is 6.86. The molecule has 0 aromatic rings. The highest BCUT2D eigenvalue weighted by atomic mass is 16.3. The first kappa shape index (κ1) is 22.0. The summed E-state index contributed by atoms with van der Waals surface area (Å²) in [4.78, 5) is 12.2. The van der Waals surface area contributed by atoms with E-state index < -0.39 is 12.2 Å². The second-order valence-electron chi connectivity index (χ2n) is 10.9. The van der Waals surface area contributed by atoms with Crippen molar-refractivity contribution >= 4 is 5.78 Å². The maximum absolute atomic E-state index is 12.2. The minimum Gasteiger partial charge on any atom is -0.393 e. The van der Waals surface area contributed by atoms with Gasteiger partial charge in [0.05, 0.1) is 12.2 Å². The molecule has 30 heavy (non-hydrogen) atoms. The molecule has 3 nitrogen and oxygen atoms in total. The van der Waals surface area contributed by atoms with E-state index in [4.69, 9.17) is 0 Å². The molecular formula is C27H40O3. The summed E-state index contributed by atoms with van der Waals surface area (Å²) in [5.74, 6) is 2.85. The van der Waals surface area contributed by atoms with Crippen LogP contribution >= 0.6 is 0 Å². The van der Waals surface area contributed by atoms with Gasteiger partial charge in [0.2, 0.25) is 0 Å². The largest absolute Gasteiger partial charge is 0.393 e. The molecular weight excluding hydrogens is 372 g/mol. The topological polar surface area (TPSA) is 57.5 Å². The summed E-state index contributed by atoms with van der Waals surface area (Å²) in [5, 5.41) is 20.2. The van der Waals surface area contributed by atoms with Crippen LogP contribution in [0.4, 0.5) is 0 Å². The average molecular weight is 413 g/mol. The standard InChI is InChI=1S/C27H40O3/c1-17(6-13-25(29)20-8-9-20)23-11-12-24-19(5-4-14-27(23,24)3)7-10-21-15-22(28)16-26(30)18(21)2/h7,10,17,20,22-24,26,28,30H,2,4-6,8-9,11-16H2,1,3H3/b19-7+,21-10-/t17-,22-,23-,24+,26+,27-/m1/s1. The first-order valence-electron chi connectivity index (χ1n) is 12.3. The van der Waals surface area contributed by atoms with Crippen LogP contribution in [0.3, 0.4) is 0 Å². The summed E-state index contributed by atoms with van der Waals surface area (Å²) in [6, 6.07) is 0. The number of fused-ring (bicyclic) bond motifs is 1. The molecule has 0 aromatic carbocycles. The second kappa shape index (κ2) is 8.74. The number of carbonyl (C=O) groups excluding carboxylic acids is 1. The molecule has 4 saturated carbocycles. The quantitative estimate of drug-likeness (QED) is 0.604. The maximum atomic E-state index is 12.2. The number of rotatable bonds is 6. The molecule has 0 aromatic heterocycles. The molecule has 3 heteroatoms. The van der Waals surface area contributed by atoms with E-state index >= 15 is 0 Å². The fourth-order valence-electron chi connectivity index (χ4n) is 6.86. The van der Waals surface area contributed by atoms with E-state index in [0.29, 0.717) is 47.7 Å². The van der Waals surface area contributed by atoms with Gasteiger partial charge in [0.25, 0.3) is 0 Å². The number of hydrogen-bond acceptors (Lipinski definition) is 3. The van der Waals surface area contributed by atoms with Crippen molar-refractivity contribution in [1.82, 2.24) is 0 Å². The van der Waals surface area contributed by atoms with Crippen LogP contribution in [-0.4, -0.2) is 28.2 Å². The van der Waals surface area contributed by atoms with E-state index in [1.165, 1.54) is 25.7 Å². The van der Waals surface area contributed by atoms with Crippen molar-refractivity contribution in [2.75, 3.05) is 0 Å². The van der Waals surface area contributed by atoms with Crippen molar-refractivity contribution in [3.05, 3.63) is 35.5 Å². The number of allylic oxidation sites excluding steroid dienone is 3. The number of Topliss-reactive ketones (excluding diaryl/α,β-unsaturated/α-hetero) is 1. The van der Waals surface area contributed by atoms with E-state index in [-0.39, 0.29) is 0 Å². The molecule has 0 amide bonds. The third-order valence-corrected chi connectivity index (χ3v) is 8.87. The van der Waals surface area contributed by atoms with Gasteiger partial charge in [0, 0.05) is 18.8 Å². The molecule has 4 aliphatic rings. The highest BCUT2D eigenvalue weighted by Crippen LogP contribution is 2.60. The molecule has 6 atom stereocenters. The Morgan fingerprint density at radius 2 is 2.00 bits per heavy atom. The Morgan fingerprint density at radius 1 is 1.23 bits per heavy atom. The van der Waals surface area contributed by atoms with Gasteiger partial charge in [-0.2, -0.15) is 0 Å². The lowest BCUT2D eigenvalue weighted by molar-refractivity contribution is -0.120. The number of carbonyl (C=O) groups is 1. The molecule has 0 bridgehead atoms. The fraction of sp³-hybridized carbons (Fsp3) is 0.741. The van der Waals surface area contributed by atoms with Gasteiger partial charge in [-0.3, -0.25) is 4.79 Å². The third-order valence-electron chi connectivity index (χ3n) is 8.87. The zero-order valence-electron chi connectivity index (χ0n) is 18.9. The minimum atomic E-state index is -0.620. The Balaban J connectivity index is 1.45. The third kappa shape index (κ3) is 4.39. The molecule has 0 aliphatic heterocycles. The van der Waals surface area contributed by atoms with Crippen LogP contribution in [0.5, 0.6) is 0 Å². The van der Waals surface area contributed by atoms with Crippen LogP contribution in [0.1, 0.15) is 84.5 Å². The molecule has 0 spiro atoms. The normalized spacial score (nSPS) is 40.6. The summed E-state index contributed by atoms with van der Waals surface area (Å²) in [7, 11) is 0. The summed E-state index contributed by atoms with van der Waals surface area (Å²) in [6.07, 6.45) is 14.6. The van der Waals surface area contributed by atoms with E-state index in [0.717, 1.165) is 43.3 Å².